The molecule has 0 spiro atoms. The summed E-state index contributed by atoms with van der Waals surface area (Å²) in [7, 11) is 0. The predicted octanol–water partition coefficient (Wildman–Crippen LogP) is 0.963. The average molecular weight is 693 g/mol. The Kier molecular flexibility index (Phi) is 16.2. The van der Waals surface area contributed by atoms with Gasteiger partial charge in [0.05, 0.1) is 6.04 Å². The first kappa shape index (κ1) is 39.5. The van der Waals surface area contributed by atoms with Gasteiger partial charge >= 0.3 is 5.97 Å². The smallest absolute Gasteiger partial charge is 0.326 e. The van der Waals surface area contributed by atoms with Crippen LogP contribution in [0.3, 0.4) is 0 Å². The normalized spacial score (nSPS) is 16.4. The summed E-state index contributed by atoms with van der Waals surface area (Å²) < 4.78 is 0. The number of nitrogens with one attached hydrogen (secondary N) is 3. The number of amides is 4. The van der Waals surface area contributed by atoms with Crippen LogP contribution in [0.15, 0.2) is 65.7 Å². The van der Waals surface area contributed by atoms with E-state index in [9.17, 15) is 29.1 Å². The van der Waals surface area contributed by atoms with Crippen molar-refractivity contribution in [3.8, 4) is 0 Å². The minimum absolute atomic E-state index is 0.111. The van der Waals surface area contributed by atoms with Crippen molar-refractivity contribution in [2.75, 3.05) is 13.1 Å². The second-order valence-corrected chi connectivity index (χ2v) is 12.6. The van der Waals surface area contributed by atoms with Gasteiger partial charge in [0, 0.05) is 13.1 Å². The van der Waals surface area contributed by atoms with Gasteiger partial charge < -0.3 is 43.2 Å². The molecule has 0 aromatic heterocycles. The molecule has 50 heavy (non-hydrogen) atoms. The highest BCUT2D eigenvalue weighted by molar-refractivity contribution is 5.95. The Morgan fingerprint density at radius 2 is 1.38 bits per heavy atom. The van der Waals surface area contributed by atoms with Crippen LogP contribution in [-0.2, 0) is 36.8 Å². The Hall–Kier alpha value is -4.98. The zero-order valence-corrected chi connectivity index (χ0v) is 28.8. The van der Waals surface area contributed by atoms with Gasteiger partial charge in [0.2, 0.25) is 23.6 Å². The summed E-state index contributed by atoms with van der Waals surface area (Å²) in [6.07, 6.45) is 3.93. The molecule has 1 heterocycles. The highest BCUT2D eigenvalue weighted by Gasteiger charge is 2.38. The number of nitrogens with two attached hydrogens (primary N) is 3. The zero-order chi connectivity index (χ0) is 36.5. The number of carbonyl (C=O) groups is 5. The fourth-order valence-corrected chi connectivity index (χ4v) is 5.93. The molecule has 10 N–H and O–H groups in total. The van der Waals surface area contributed by atoms with E-state index in [1.54, 1.807) is 0 Å². The van der Waals surface area contributed by atoms with Crippen molar-refractivity contribution in [1.82, 2.24) is 20.9 Å². The average Bonchev–Trinajstić information content (AvgIpc) is 3.60. The molecule has 1 fully saturated rings. The molecule has 4 amide bonds. The van der Waals surface area contributed by atoms with Gasteiger partial charge in [-0.1, -0.05) is 80.4 Å². The molecule has 2 aromatic carbocycles. The second kappa shape index (κ2) is 20.5. The van der Waals surface area contributed by atoms with E-state index in [4.69, 9.17) is 17.2 Å². The van der Waals surface area contributed by atoms with E-state index in [1.807, 2.05) is 67.6 Å². The first-order valence-corrected chi connectivity index (χ1v) is 17.3. The van der Waals surface area contributed by atoms with Crippen molar-refractivity contribution in [2.45, 2.75) is 101 Å². The number of unbranched alkanes of at least 4 members (excludes halogenated alkanes) is 1. The third-order valence-electron chi connectivity index (χ3n) is 8.69. The standard InChI is InChI=1S/C36H52N8O6/c1-2-3-16-27(32(46)43-29(17-10-21-40-36(38)39)34(48)44-22-11-18-30(44)35(49)50)42-33(47)28(20-19-24-12-6-4-7-13-24)41-31(45)26(37)23-25-14-8-5-9-15-25/h4-9,12-15,26-30H,2-3,10-11,16-23,37H2,1H3,(H,41,45)(H,42,47)(H,43,46)(H,49,50)(H4,38,39,40)/t26-,27-,28-,29-,30-/m1/s1. The van der Waals surface area contributed by atoms with Crippen LogP contribution in [0.5, 0.6) is 0 Å². The Labute approximate surface area is 293 Å². The maximum atomic E-state index is 13.9. The third kappa shape index (κ3) is 12.8. The SMILES string of the molecule is CCCC[C@@H](NC(=O)[C@@H](CCc1ccccc1)NC(=O)[C@H](N)Cc1ccccc1)C(=O)N[C@H](CCCN=C(N)N)C(=O)N1CCC[C@@H]1C(=O)O. The van der Waals surface area contributed by atoms with Crippen LogP contribution >= 0.6 is 0 Å². The number of hydrogen-bond acceptors (Lipinski definition) is 7. The number of carboxylic acid groups (broad SMARTS) is 1. The van der Waals surface area contributed by atoms with Gasteiger partial charge in [0.15, 0.2) is 5.96 Å². The molecular weight excluding hydrogens is 640 g/mol. The topological polar surface area (TPSA) is 235 Å². The Morgan fingerprint density at radius 3 is 1.98 bits per heavy atom. The molecule has 272 valence electrons. The Bertz CT molecular complexity index is 1440. The van der Waals surface area contributed by atoms with Crippen LogP contribution in [-0.4, -0.2) is 88.9 Å². The number of benzene rings is 2. The van der Waals surface area contributed by atoms with Gasteiger partial charge in [-0.3, -0.25) is 24.2 Å². The lowest BCUT2D eigenvalue weighted by Gasteiger charge is -2.29. The summed E-state index contributed by atoms with van der Waals surface area (Å²) in [6.45, 7) is 2.40. The van der Waals surface area contributed by atoms with E-state index in [-0.39, 0.29) is 44.7 Å². The number of hydrogen-bond donors (Lipinski definition) is 7. The molecule has 0 aliphatic carbocycles. The second-order valence-electron chi connectivity index (χ2n) is 12.6. The number of aryl methyl sites for hydroxylation is 1. The van der Waals surface area contributed by atoms with E-state index in [2.05, 4.69) is 20.9 Å². The van der Waals surface area contributed by atoms with Crippen molar-refractivity contribution < 1.29 is 29.1 Å². The molecule has 0 unspecified atom stereocenters. The predicted molar refractivity (Wildman–Crippen MR) is 190 cm³/mol. The van der Waals surface area contributed by atoms with Crippen molar-refractivity contribution in [1.29, 1.82) is 0 Å². The molecular formula is C36H52N8O6. The molecule has 2 aromatic rings. The maximum absolute atomic E-state index is 13.9. The molecule has 5 atom stereocenters. The van der Waals surface area contributed by atoms with Gasteiger partial charge in [-0.05, 0) is 62.5 Å². The van der Waals surface area contributed by atoms with Crippen LogP contribution in [0, 0.1) is 0 Å². The highest BCUT2D eigenvalue weighted by atomic mass is 16.4. The summed E-state index contributed by atoms with van der Waals surface area (Å²) in [5.74, 6) is -3.39. The first-order valence-electron chi connectivity index (χ1n) is 17.3. The molecule has 14 heteroatoms. The fourth-order valence-electron chi connectivity index (χ4n) is 5.93. The third-order valence-corrected chi connectivity index (χ3v) is 8.69. The van der Waals surface area contributed by atoms with Crippen molar-refractivity contribution in [3.63, 3.8) is 0 Å². The zero-order valence-electron chi connectivity index (χ0n) is 28.8. The van der Waals surface area contributed by atoms with Gasteiger partial charge in [-0.2, -0.15) is 0 Å². The van der Waals surface area contributed by atoms with Gasteiger partial charge in [0.1, 0.15) is 24.2 Å². The molecule has 3 rings (SSSR count). The van der Waals surface area contributed by atoms with Crippen LogP contribution in [0.25, 0.3) is 0 Å². The molecule has 0 bridgehead atoms. The number of carbonyl (C=O) groups excluding carboxylic acids is 4. The number of aliphatic imine (C=N–C) groups is 1. The van der Waals surface area contributed by atoms with E-state index in [0.29, 0.717) is 32.1 Å². The summed E-state index contributed by atoms with van der Waals surface area (Å²) in [5, 5.41) is 18.1. The van der Waals surface area contributed by atoms with E-state index < -0.39 is 59.8 Å². The van der Waals surface area contributed by atoms with Gasteiger partial charge in [-0.15, -0.1) is 0 Å². The number of rotatable bonds is 20. The quantitative estimate of drug-likeness (QED) is 0.0594. The van der Waals surface area contributed by atoms with Gasteiger partial charge in [0.25, 0.3) is 0 Å². The monoisotopic (exact) mass is 692 g/mol. The van der Waals surface area contributed by atoms with E-state index >= 15 is 0 Å². The molecule has 1 aliphatic rings. The lowest BCUT2D eigenvalue weighted by Crippen LogP contribution is -2.58. The molecule has 0 saturated carbocycles. The van der Waals surface area contributed by atoms with Crippen LogP contribution in [0.2, 0.25) is 0 Å². The summed E-state index contributed by atoms with van der Waals surface area (Å²) >= 11 is 0. The van der Waals surface area contributed by atoms with Crippen LogP contribution < -0.4 is 33.2 Å². The van der Waals surface area contributed by atoms with Crippen molar-refractivity contribution in [3.05, 3.63) is 71.8 Å². The largest absolute Gasteiger partial charge is 0.480 e. The van der Waals surface area contributed by atoms with Crippen molar-refractivity contribution >= 4 is 35.6 Å². The van der Waals surface area contributed by atoms with Crippen LogP contribution in [0.1, 0.15) is 69.4 Å². The molecule has 1 saturated heterocycles. The Balaban J connectivity index is 1.78. The number of aliphatic carboxylic acids is 1. The number of guanidine groups is 1. The summed E-state index contributed by atoms with van der Waals surface area (Å²) in [4.78, 5) is 71.6. The molecule has 14 nitrogen and oxygen atoms in total. The van der Waals surface area contributed by atoms with Crippen LogP contribution in [0.4, 0.5) is 0 Å². The van der Waals surface area contributed by atoms with Crippen molar-refractivity contribution in [2.24, 2.45) is 22.2 Å². The number of carboxylic acids is 1. The first-order chi connectivity index (χ1) is 24.0. The highest BCUT2D eigenvalue weighted by Crippen LogP contribution is 2.20. The minimum Gasteiger partial charge on any atom is -0.480 e. The number of likely N-dealkylation sites (tertiary alicyclic amines) is 1. The molecule has 0 radical (unpaired) electrons. The van der Waals surface area contributed by atoms with E-state index in [0.717, 1.165) is 17.5 Å². The maximum Gasteiger partial charge on any atom is 0.326 e. The van der Waals surface area contributed by atoms with E-state index in [1.165, 1.54) is 4.90 Å². The Morgan fingerprint density at radius 1 is 0.820 bits per heavy atom. The number of nitrogens with zero attached hydrogens (tertiary/aromatic N) is 2. The fraction of sp³-hybridized carbons (Fsp3) is 0.500. The van der Waals surface area contributed by atoms with Gasteiger partial charge in [-0.25, -0.2) is 4.79 Å². The summed E-state index contributed by atoms with van der Waals surface area (Å²) in [6, 6.07) is 13.8. The minimum atomic E-state index is -1.11. The summed E-state index contributed by atoms with van der Waals surface area (Å²) in [5.41, 5.74) is 19.0. The molecule has 1 aliphatic heterocycles. The lowest BCUT2D eigenvalue weighted by atomic mass is 10.0. The lowest BCUT2D eigenvalue weighted by molar-refractivity contribution is -0.149.